The molecule has 1 aliphatic heterocycles. The van der Waals surface area contributed by atoms with Crippen LogP contribution in [0.3, 0.4) is 0 Å². The minimum absolute atomic E-state index is 0.189. The second-order valence-corrected chi connectivity index (χ2v) is 6.97. The molecule has 0 amide bonds. The summed E-state index contributed by atoms with van der Waals surface area (Å²) in [7, 11) is -3.47. The van der Waals surface area contributed by atoms with Gasteiger partial charge in [0.15, 0.2) is 0 Å². The number of aliphatic hydroxyl groups excluding tert-OH is 1. The summed E-state index contributed by atoms with van der Waals surface area (Å²) in [5, 5.41) is 9.53. The summed E-state index contributed by atoms with van der Waals surface area (Å²) in [4.78, 5) is 0.265. The molecule has 1 saturated heterocycles. The molecule has 17 heavy (non-hydrogen) atoms. The SMILES string of the molecule is O=S(=O)(c1cccc(Br)c1)N1CCC[C@H](O)C1. The van der Waals surface area contributed by atoms with E-state index in [1.165, 1.54) is 4.31 Å². The van der Waals surface area contributed by atoms with Crippen LogP contribution in [0.5, 0.6) is 0 Å². The highest BCUT2D eigenvalue weighted by Crippen LogP contribution is 2.23. The highest BCUT2D eigenvalue weighted by molar-refractivity contribution is 9.10. The zero-order chi connectivity index (χ0) is 12.5. The molecule has 6 heteroatoms. The molecule has 1 aromatic carbocycles. The van der Waals surface area contributed by atoms with Gasteiger partial charge in [0.05, 0.1) is 11.0 Å². The van der Waals surface area contributed by atoms with Crippen molar-refractivity contribution in [2.24, 2.45) is 0 Å². The Hall–Kier alpha value is -0.430. The molecule has 1 aromatic rings. The van der Waals surface area contributed by atoms with Crippen molar-refractivity contribution < 1.29 is 13.5 Å². The van der Waals surface area contributed by atoms with Crippen LogP contribution in [0.1, 0.15) is 12.8 Å². The van der Waals surface area contributed by atoms with E-state index >= 15 is 0 Å². The van der Waals surface area contributed by atoms with Crippen LogP contribution in [0.2, 0.25) is 0 Å². The maximum Gasteiger partial charge on any atom is 0.243 e. The van der Waals surface area contributed by atoms with Gasteiger partial charge in [-0.15, -0.1) is 0 Å². The van der Waals surface area contributed by atoms with Gasteiger partial charge in [-0.2, -0.15) is 4.31 Å². The average molecular weight is 320 g/mol. The predicted octanol–water partition coefficient (Wildman–Crippen LogP) is 1.59. The van der Waals surface area contributed by atoms with E-state index in [0.29, 0.717) is 19.4 Å². The third-order valence-electron chi connectivity index (χ3n) is 2.79. The normalized spacial score (nSPS) is 22.6. The topological polar surface area (TPSA) is 57.6 Å². The number of sulfonamides is 1. The third kappa shape index (κ3) is 2.88. The van der Waals surface area contributed by atoms with Gasteiger partial charge in [0.1, 0.15) is 0 Å². The average Bonchev–Trinajstić information content (AvgIpc) is 2.29. The van der Waals surface area contributed by atoms with E-state index in [-0.39, 0.29) is 11.4 Å². The Morgan fingerprint density at radius 1 is 1.41 bits per heavy atom. The van der Waals surface area contributed by atoms with Gasteiger partial charge in [0.25, 0.3) is 0 Å². The van der Waals surface area contributed by atoms with Gasteiger partial charge >= 0.3 is 0 Å². The van der Waals surface area contributed by atoms with E-state index in [9.17, 15) is 13.5 Å². The lowest BCUT2D eigenvalue weighted by atomic mass is 10.1. The van der Waals surface area contributed by atoms with Crippen LogP contribution in [-0.2, 0) is 10.0 Å². The highest BCUT2D eigenvalue weighted by Gasteiger charge is 2.29. The van der Waals surface area contributed by atoms with Crippen molar-refractivity contribution in [1.29, 1.82) is 0 Å². The molecule has 1 fully saturated rings. The zero-order valence-corrected chi connectivity index (χ0v) is 11.6. The molecular weight excluding hydrogens is 306 g/mol. The molecule has 1 atom stereocenters. The van der Waals surface area contributed by atoms with Gasteiger partial charge in [-0.05, 0) is 31.0 Å². The van der Waals surface area contributed by atoms with Crippen molar-refractivity contribution >= 4 is 26.0 Å². The van der Waals surface area contributed by atoms with E-state index in [0.717, 1.165) is 4.47 Å². The van der Waals surface area contributed by atoms with E-state index in [1.807, 2.05) is 0 Å². The summed E-state index contributed by atoms with van der Waals surface area (Å²) in [6.45, 7) is 0.667. The number of aliphatic hydroxyl groups is 1. The van der Waals surface area contributed by atoms with Gasteiger partial charge < -0.3 is 5.11 Å². The quantitative estimate of drug-likeness (QED) is 0.900. The molecule has 2 rings (SSSR count). The number of hydrogen-bond donors (Lipinski definition) is 1. The van der Waals surface area contributed by atoms with E-state index in [4.69, 9.17) is 0 Å². The van der Waals surface area contributed by atoms with Gasteiger partial charge in [0.2, 0.25) is 10.0 Å². The van der Waals surface area contributed by atoms with Crippen molar-refractivity contribution in [2.75, 3.05) is 13.1 Å². The maximum absolute atomic E-state index is 12.3. The number of β-amino-alcohol motifs (C(OH)–C–C–N with tert-alkyl or cyclic N) is 1. The molecule has 0 unspecified atom stereocenters. The summed E-state index contributed by atoms with van der Waals surface area (Å²) in [6, 6.07) is 6.62. The number of hydrogen-bond acceptors (Lipinski definition) is 3. The van der Waals surface area contributed by atoms with Crippen LogP contribution in [0.4, 0.5) is 0 Å². The van der Waals surface area contributed by atoms with Crippen LogP contribution in [0.25, 0.3) is 0 Å². The summed E-state index contributed by atoms with van der Waals surface area (Å²) in [6.07, 6.45) is 0.824. The van der Waals surface area contributed by atoms with E-state index in [2.05, 4.69) is 15.9 Å². The Kier molecular flexibility index (Phi) is 3.87. The minimum atomic E-state index is -3.47. The van der Waals surface area contributed by atoms with Crippen LogP contribution in [0, 0.1) is 0 Å². The largest absolute Gasteiger partial charge is 0.392 e. The van der Waals surface area contributed by atoms with E-state index < -0.39 is 16.1 Å². The van der Waals surface area contributed by atoms with Crippen molar-refractivity contribution in [2.45, 2.75) is 23.8 Å². The first-order valence-electron chi connectivity index (χ1n) is 5.44. The second kappa shape index (κ2) is 5.06. The molecule has 0 saturated carbocycles. The summed E-state index contributed by atoms with van der Waals surface area (Å²) in [5.74, 6) is 0. The van der Waals surface area contributed by atoms with Crippen molar-refractivity contribution in [3.05, 3.63) is 28.7 Å². The molecule has 94 valence electrons. The molecule has 0 bridgehead atoms. The molecule has 0 aromatic heterocycles. The van der Waals surface area contributed by atoms with Crippen molar-refractivity contribution in [1.82, 2.24) is 4.31 Å². The third-order valence-corrected chi connectivity index (χ3v) is 5.15. The number of benzene rings is 1. The molecule has 1 heterocycles. The number of rotatable bonds is 2. The highest BCUT2D eigenvalue weighted by atomic mass is 79.9. The van der Waals surface area contributed by atoms with Crippen LogP contribution >= 0.6 is 15.9 Å². The Morgan fingerprint density at radius 2 is 2.18 bits per heavy atom. The monoisotopic (exact) mass is 319 g/mol. The minimum Gasteiger partial charge on any atom is -0.392 e. The standard InChI is InChI=1S/C11H14BrNO3S/c12-9-3-1-5-11(7-9)17(15,16)13-6-2-4-10(14)8-13/h1,3,5,7,10,14H,2,4,6,8H2/t10-/m0/s1. The lowest BCUT2D eigenvalue weighted by Gasteiger charge is -2.29. The molecule has 4 nitrogen and oxygen atoms in total. The molecule has 1 aliphatic rings. The van der Waals surface area contributed by atoms with Gasteiger partial charge in [-0.25, -0.2) is 8.42 Å². The predicted molar refractivity (Wildman–Crippen MR) is 68.1 cm³/mol. The Balaban J connectivity index is 2.29. The lowest BCUT2D eigenvalue weighted by Crippen LogP contribution is -2.42. The molecular formula is C11H14BrNO3S. The molecule has 0 spiro atoms. The first kappa shape index (κ1) is 13.0. The summed E-state index contributed by atoms with van der Waals surface area (Å²) in [5.41, 5.74) is 0. The van der Waals surface area contributed by atoms with Crippen molar-refractivity contribution in [3.63, 3.8) is 0 Å². The fraction of sp³-hybridized carbons (Fsp3) is 0.455. The van der Waals surface area contributed by atoms with Gasteiger partial charge in [-0.3, -0.25) is 0 Å². The van der Waals surface area contributed by atoms with Crippen molar-refractivity contribution in [3.8, 4) is 0 Å². The number of piperidine rings is 1. The maximum atomic E-state index is 12.3. The Morgan fingerprint density at radius 3 is 2.82 bits per heavy atom. The Bertz CT molecular complexity index is 503. The number of nitrogens with zero attached hydrogens (tertiary/aromatic N) is 1. The fourth-order valence-corrected chi connectivity index (χ4v) is 4.03. The van der Waals surface area contributed by atoms with Gasteiger partial charge in [-0.1, -0.05) is 22.0 Å². The molecule has 0 aliphatic carbocycles. The molecule has 1 N–H and O–H groups in total. The molecule has 0 radical (unpaired) electrons. The Labute approximate surface area is 109 Å². The fourth-order valence-electron chi connectivity index (χ4n) is 1.92. The van der Waals surface area contributed by atoms with Crippen LogP contribution in [-0.4, -0.2) is 37.0 Å². The van der Waals surface area contributed by atoms with Gasteiger partial charge in [0, 0.05) is 17.6 Å². The number of halogens is 1. The zero-order valence-electron chi connectivity index (χ0n) is 9.21. The second-order valence-electron chi connectivity index (χ2n) is 4.12. The smallest absolute Gasteiger partial charge is 0.243 e. The summed E-state index contributed by atoms with van der Waals surface area (Å²) < 4.78 is 26.6. The van der Waals surface area contributed by atoms with Crippen LogP contribution in [0.15, 0.2) is 33.6 Å². The van der Waals surface area contributed by atoms with E-state index in [1.54, 1.807) is 24.3 Å². The van der Waals surface area contributed by atoms with Crippen LogP contribution < -0.4 is 0 Å². The lowest BCUT2D eigenvalue weighted by molar-refractivity contribution is 0.108. The summed E-state index contributed by atoms with van der Waals surface area (Å²) >= 11 is 3.26. The first-order valence-corrected chi connectivity index (χ1v) is 7.67. The first-order chi connectivity index (χ1) is 8.00.